The molecule has 1 amide bonds. The highest BCUT2D eigenvalue weighted by Gasteiger charge is 2.18. The van der Waals surface area contributed by atoms with Gasteiger partial charge < -0.3 is 14.5 Å². The molecule has 1 atom stereocenters. The van der Waals surface area contributed by atoms with Gasteiger partial charge >= 0.3 is 0 Å². The molecule has 20 heavy (non-hydrogen) atoms. The average Bonchev–Trinajstić information content (AvgIpc) is 3.12. The van der Waals surface area contributed by atoms with Crippen LogP contribution in [0.3, 0.4) is 0 Å². The molecule has 2 aromatic rings. The summed E-state index contributed by atoms with van der Waals surface area (Å²) in [5, 5.41) is 3.00. The number of thioether (sulfide) groups is 1. The van der Waals surface area contributed by atoms with Gasteiger partial charge in [0.2, 0.25) is 5.91 Å². The van der Waals surface area contributed by atoms with Crippen LogP contribution in [0.1, 0.15) is 12.5 Å². The van der Waals surface area contributed by atoms with Gasteiger partial charge in [-0.05, 0) is 30.6 Å². The third-order valence-electron chi connectivity index (χ3n) is 3.11. The van der Waals surface area contributed by atoms with Crippen LogP contribution in [0, 0.1) is 0 Å². The molecule has 0 unspecified atom stereocenters. The second kappa shape index (κ2) is 7.79. The minimum atomic E-state index is -0.125. The fraction of sp³-hybridized carbons (Fsp3) is 0.429. The first kappa shape index (κ1) is 14.7. The normalized spacial score (nSPS) is 12.2. The Bertz CT molecular complexity index is 495. The number of rotatable bonds is 8. The number of hydrogen-bond donors (Lipinski definition) is 1. The van der Waals surface area contributed by atoms with E-state index in [4.69, 9.17) is 0 Å². The maximum absolute atomic E-state index is 12.3. The van der Waals surface area contributed by atoms with Gasteiger partial charge in [-0.25, -0.2) is 4.98 Å². The monoisotopic (exact) mass is 292 g/mol. The van der Waals surface area contributed by atoms with E-state index in [9.17, 15) is 4.79 Å². The molecular formula is C14H20N4OS. The van der Waals surface area contributed by atoms with Gasteiger partial charge in [-0.3, -0.25) is 4.79 Å². The first-order chi connectivity index (χ1) is 9.81. The zero-order chi connectivity index (χ0) is 14.2. The van der Waals surface area contributed by atoms with Gasteiger partial charge in [0.15, 0.2) is 0 Å². The van der Waals surface area contributed by atoms with Gasteiger partial charge in [-0.2, -0.15) is 11.8 Å². The minimum absolute atomic E-state index is 0.0790. The molecule has 1 N–H and O–H groups in total. The quantitative estimate of drug-likeness (QED) is 0.807. The summed E-state index contributed by atoms with van der Waals surface area (Å²) in [6, 6.07) is 3.77. The summed E-state index contributed by atoms with van der Waals surface area (Å²) >= 11 is 1.76. The number of nitrogens with zero attached hydrogens (tertiary/aromatic N) is 3. The summed E-state index contributed by atoms with van der Waals surface area (Å²) in [6.07, 6.45) is 12.2. The summed E-state index contributed by atoms with van der Waals surface area (Å²) in [4.78, 5) is 16.3. The topological polar surface area (TPSA) is 51.9 Å². The van der Waals surface area contributed by atoms with Crippen LogP contribution in [0.4, 0.5) is 0 Å². The maximum atomic E-state index is 12.3. The Morgan fingerprint density at radius 1 is 1.35 bits per heavy atom. The lowest BCUT2D eigenvalue weighted by atomic mass is 10.2. The van der Waals surface area contributed by atoms with Crippen molar-refractivity contribution >= 4 is 17.7 Å². The van der Waals surface area contributed by atoms with Gasteiger partial charge in [0, 0.05) is 37.9 Å². The van der Waals surface area contributed by atoms with Gasteiger partial charge in [0.25, 0.3) is 0 Å². The van der Waals surface area contributed by atoms with Crippen LogP contribution in [0.2, 0.25) is 0 Å². The molecule has 0 aliphatic carbocycles. The summed E-state index contributed by atoms with van der Waals surface area (Å²) in [6.45, 7) is 1.36. The molecule has 0 aromatic carbocycles. The molecule has 0 aliphatic rings. The van der Waals surface area contributed by atoms with Crippen molar-refractivity contribution in [3.05, 3.63) is 43.2 Å². The van der Waals surface area contributed by atoms with E-state index in [0.717, 1.165) is 18.7 Å². The molecule has 5 nitrogen and oxygen atoms in total. The summed E-state index contributed by atoms with van der Waals surface area (Å²) in [5.74, 6) is 1.05. The fourth-order valence-electron chi connectivity index (χ4n) is 2.05. The molecule has 0 radical (unpaired) electrons. The molecule has 0 fully saturated rings. The van der Waals surface area contributed by atoms with E-state index in [1.165, 1.54) is 0 Å². The molecular weight excluding hydrogens is 272 g/mol. The van der Waals surface area contributed by atoms with Crippen LogP contribution in [0.25, 0.3) is 0 Å². The van der Waals surface area contributed by atoms with Crippen molar-refractivity contribution in [3.63, 3.8) is 0 Å². The molecule has 0 saturated heterocycles. The lowest BCUT2D eigenvalue weighted by molar-refractivity contribution is -0.124. The second-order valence-electron chi connectivity index (χ2n) is 4.52. The van der Waals surface area contributed by atoms with Crippen LogP contribution in [-0.4, -0.2) is 38.6 Å². The van der Waals surface area contributed by atoms with Crippen LogP contribution >= 0.6 is 11.8 Å². The SMILES string of the molecule is CSCC[C@H](C(=O)NCCn1ccnc1)n1cccc1. The van der Waals surface area contributed by atoms with E-state index >= 15 is 0 Å². The minimum Gasteiger partial charge on any atom is -0.353 e. The second-order valence-corrected chi connectivity index (χ2v) is 5.50. The van der Waals surface area contributed by atoms with E-state index in [-0.39, 0.29) is 11.9 Å². The number of carbonyl (C=O) groups excluding carboxylic acids is 1. The van der Waals surface area contributed by atoms with Crippen LogP contribution in [0.15, 0.2) is 43.2 Å². The van der Waals surface area contributed by atoms with E-state index in [0.29, 0.717) is 6.54 Å². The molecule has 6 heteroatoms. The summed E-state index contributed by atoms with van der Waals surface area (Å²) in [5.41, 5.74) is 0. The number of carbonyl (C=O) groups is 1. The molecule has 0 bridgehead atoms. The Balaban J connectivity index is 1.86. The first-order valence-corrected chi connectivity index (χ1v) is 8.05. The Hall–Kier alpha value is -1.69. The number of imidazole rings is 1. The van der Waals surface area contributed by atoms with Gasteiger partial charge in [-0.15, -0.1) is 0 Å². The number of hydrogen-bond acceptors (Lipinski definition) is 3. The molecule has 0 saturated carbocycles. The van der Waals surface area contributed by atoms with Gasteiger partial charge in [-0.1, -0.05) is 0 Å². The lowest BCUT2D eigenvalue weighted by Gasteiger charge is -2.18. The highest BCUT2D eigenvalue weighted by atomic mass is 32.2. The molecule has 2 heterocycles. The van der Waals surface area contributed by atoms with Crippen LogP contribution in [0.5, 0.6) is 0 Å². The van der Waals surface area contributed by atoms with Crippen molar-refractivity contribution in [1.29, 1.82) is 0 Å². The zero-order valence-electron chi connectivity index (χ0n) is 11.6. The Morgan fingerprint density at radius 3 is 2.80 bits per heavy atom. The molecule has 0 spiro atoms. The number of amides is 1. The van der Waals surface area contributed by atoms with Crippen molar-refractivity contribution in [1.82, 2.24) is 19.4 Å². The Morgan fingerprint density at radius 2 is 2.15 bits per heavy atom. The van der Waals surface area contributed by atoms with E-state index in [1.54, 1.807) is 24.3 Å². The number of nitrogens with one attached hydrogen (secondary N) is 1. The van der Waals surface area contributed by atoms with Crippen LogP contribution < -0.4 is 5.32 Å². The standard InChI is InChI=1S/C14H20N4OS/c1-20-11-4-13(18-7-2-3-8-18)14(19)16-6-10-17-9-5-15-12-17/h2-3,5,7-9,12-13H,4,6,10-11H2,1H3,(H,16,19)/t13-/m1/s1. The zero-order valence-corrected chi connectivity index (χ0v) is 12.4. The lowest BCUT2D eigenvalue weighted by Crippen LogP contribution is -2.34. The average molecular weight is 292 g/mol. The van der Waals surface area contributed by atoms with Crippen molar-refractivity contribution in [2.45, 2.75) is 19.0 Å². The highest BCUT2D eigenvalue weighted by Crippen LogP contribution is 2.14. The van der Waals surface area contributed by atoms with E-state index < -0.39 is 0 Å². The van der Waals surface area contributed by atoms with Crippen molar-refractivity contribution in [2.24, 2.45) is 0 Å². The van der Waals surface area contributed by atoms with Crippen molar-refractivity contribution < 1.29 is 4.79 Å². The Kier molecular flexibility index (Phi) is 5.73. The smallest absolute Gasteiger partial charge is 0.243 e. The summed E-state index contributed by atoms with van der Waals surface area (Å²) in [7, 11) is 0. The highest BCUT2D eigenvalue weighted by molar-refractivity contribution is 7.98. The first-order valence-electron chi connectivity index (χ1n) is 6.66. The molecule has 2 aromatic heterocycles. The van der Waals surface area contributed by atoms with Crippen LogP contribution in [-0.2, 0) is 11.3 Å². The predicted molar refractivity (Wildman–Crippen MR) is 81.7 cm³/mol. The maximum Gasteiger partial charge on any atom is 0.243 e. The predicted octanol–water partition coefficient (Wildman–Crippen LogP) is 1.80. The van der Waals surface area contributed by atoms with Crippen molar-refractivity contribution in [3.8, 4) is 0 Å². The molecule has 108 valence electrons. The summed E-state index contributed by atoms with van der Waals surface area (Å²) < 4.78 is 3.93. The third kappa shape index (κ3) is 4.16. The van der Waals surface area contributed by atoms with E-state index in [2.05, 4.69) is 16.6 Å². The van der Waals surface area contributed by atoms with Gasteiger partial charge in [0.05, 0.1) is 6.33 Å². The van der Waals surface area contributed by atoms with Gasteiger partial charge in [0.1, 0.15) is 6.04 Å². The molecule has 0 aliphatic heterocycles. The Labute approximate surface area is 123 Å². The largest absolute Gasteiger partial charge is 0.353 e. The molecule has 2 rings (SSSR count). The number of aromatic nitrogens is 3. The van der Waals surface area contributed by atoms with Crippen molar-refractivity contribution in [2.75, 3.05) is 18.6 Å². The third-order valence-corrected chi connectivity index (χ3v) is 3.76. The fourth-order valence-corrected chi connectivity index (χ4v) is 2.50. The van der Waals surface area contributed by atoms with E-state index in [1.807, 2.05) is 39.9 Å².